The van der Waals surface area contributed by atoms with Crippen molar-refractivity contribution in [3.8, 4) is 0 Å². The summed E-state index contributed by atoms with van der Waals surface area (Å²) < 4.78 is 19.3. The summed E-state index contributed by atoms with van der Waals surface area (Å²) in [6.45, 7) is 0.462. The molecule has 0 atom stereocenters. The predicted octanol–water partition coefficient (Wildman–Crippen LogP) is 3.22. The Morgan fingerprint density at radius 2 is 2.12 bits per heavy atom. The molecule has 0 aliphatic heterocycles. The minimum atomic E-state index is -0.570. The minimum Gasteiger partial charge on any atom is -0.346 e. The molecule has 5 aromatic heterocycles. The Kier molecular flexibility index (Phi) is 4.61. The number of imidazole rings is 2. The van der Waals surface area contributed by atoms with Gasteiger partial charge in [0.05, 0.1) is 59.5 Å². The first-order valence-corrected chi connectivity index (χ1v) is 10.9. The van der Waals surface area contributed by atoms with Crippen LogP contribution in [0, 0.1) is 5.82 Å². The molecule has 33 heavy (non-hydrogen) atoms. The SMILES string of the molecule is O=C(NCc1ncn2ccc(Cl)c(F)c12)c1cnn(Cc2cn3nc(C4CC4)ccc3n2)c1. The number of amides is 1. The molecule has 5 aromatic rings. The number of halogens is 2. The first-order valence-electron chi connectivity index (χ1n) is 10.5. The summed E-state index contributed by atoms with van der Waals surface area (Å²) in [4.78, 5) is 21.4. The van der Waals surface area contributed by atoms with Gasteiger partial charge in [-0.05, 0) is 31.0 Å². The lowest BCUT2D eigenvalue weighted by atomic mass is 10.3. The van der Waals surface area contributed by atoms with Crippen LogP contribution in [0.2, 0.25) is 5.02 Å². The monoisotopic (exact) mass is 464 g/mol. The molecule has 0 radical (unpaired) electrons. The van der Waals surface area contributed by atoms with Gasteiger partial charge in [0.1, 0.15) is 5.52 Å². The molecule has 1 aliphatic carbocycles. The van der Waals surface area contributed by atoms with Crippen LogP contribution in [0.3, 0.4) is 0 Å². The van der Waals surface area contributed by atoms with E-state index >= 15 is 0 Å². The first-order chi connectivity index (χ1) is 16.0. The maximum absolute atomic E-state index is 14.4. The number of nitrogens with one attached hydrogen (secondary N) is 1. The number of hydrogen-bond acceptors (Lipinski definition) is 5. The normalized spacial score (nSPS) is 13.8. The standard InChI is InChI=1S/C22H18ClFN8O/c23-16-5-6-30-12-26-18(21(30)20(16)24)8-25-22(33)14-7-27-31(9-14)10-15-11-32-19(28-15)4-3-17(29-32)13-1-2-13/h3-7,9,11-13H,1-2,8,10H2,(H,25,33). The van der Waals surface area contributed by atoms with Crippen molar-refractivity contribution < 1.29 is 9.18 Å². The van der Waals surface area contributed by atoms with Crippen LogP contribution >= 0.6 is 11.6 Å². The summed E-state index contributed by atoms with van der Waals surface area (Å²) in [6.07, 6.45) is 10.5. The van der Waals surface area contributed by atoms with Gasteiger partial charge in [0.2, 0.25) is 0 Å². The number of hydrogen-bond donors (Lipinski definition) is 1. The summed E-state index contributed by atoms with van der Waals surface area (Å²) in [6, 6.07) is 5.46. The fourth-order valence-electron chi connectivity index (χ4n) is 3.83. The summed E-state index contributed by atoms with van der Waals surface area (Å²) >= 11 is 5.87. The van der Waals surface area contributed by atoms with Gasteiger partial charge in [-0.15, -0.1) is 0 Å². The van der Waals surface area contributed by atoms with Crippen molar-refractivity contribution in [1.82, 2.24) is 39.1 Å². The largest absolute Gasteiger partial charge is 0.346 e. The smallest absolute Gasteiger partial charge is 0.254 e. The molecule has 9 nitrogen and oxygen atoms in total. The number of fused-ring (bicyclic) bond motifs is 2. The molecule has 11 heteroatoms. The van der Waals surface area contributed by atoms with Gasteiger partial charge in [0.15, 0.2) is 11.5 Å². The number of carbonyl (C=O) groups is 1. The van der Waals surface area contributed by atoms with Crippen LogP contribution in [-0.2, 0) is 13.1 Å². The molecule has 0 unspecified atom stereocenters. The summed E-state index contributed by atoms with van der Waals surface area (Å²) in [5.41, 5.74) is 3.68. The van der Waals surface area contributed by atoms with E-state index in [4.69, 9.17) is 11.6 Å². The zero-order chi connectivity index (χ0) is 22.5. The van der Waals surface area contributed by atoms with Gasteiger partial charge in [-0.3, -0.25) is 9.48 Å². The summed E-state index contributed by atoms with van der Waals surface area (Å²) in [7, 11) is 0. The van der Waals surface area contributed by atoms with Crippen molar-refractivity contribution in [2.45, 2.75) is 31.8 Å². The molecule has 6 rings (SSSR count). The highest BCUT2D eigenvalue weighted by Gasteiger charge is 2.25. The van der Waals surface area contributed by atoms with Crippen molar-refractivity contribution in [3.63, 3.8) is 0 Å². The van der Waals surface area contributed by atoms with E-state index in [9.17, 15) is 9.18 Å². The molecular formula is C22H18ClFN8O. The van der Waals surface area contributed by atoms with Crippen molar-refractivity contribution in [1.29, 1.82) is 0 Å². The van der Waals surface area contributed by atoms with Crippen molar-refractivity contribution >= 4 is 28.7 Å². The van der Waals surface area contributed by atoms with E-state index in [0.717, 1.165) is 17.0 Å². The van der Waals surface area contributed by atoms with Gasteiger partial charge < -0.3 is 9.72 Å². The van der Waals surface area contributed by atoms with Gasteiger partial charge in [0.25, 0.3) is 5.91 Å². The lowest BCUT2D eigenvalue weighted by Crippen LogP contribution is -2.22. The fourth-order valence-corrected chi connectivity index (χ4v) is 3.98. The molecule has 166 valence electrons. The van der Waals surface area contributed by atoms with Crippen LogP contribution in [0.5, 0.6) is 0 Å². The molecule has 5 heterocycles. The number of aromatic nitrogens is 7. The topological polar surface area (TPSA) is 94.4 Å². The maximum Gasteiger partial charge on any atom is 0.254 e. The highest BCUT2D eigenvalue weighted by atomic mass is 35.5. The molecule has 0 aromatic carbocycles. The van der Waals surface area contributed by atoms with Crippen molar-refractivity contribution in [2.24, 2.45) is 0 Å². The Balaban J connectivity index is 1.14. The number of carbonyl (C=O) groups excluding carboxylic acids is 1. The Labute approximate surface area is 191 Å². The average Bonchev–Trinajstić information content (AvgIpc) is 3.23. The average molecular weight is 465 g/mol. The van der Waals surface area contributed by atoms with Crippen molar-refractivity contribution in [2.75, 3.05) is 0 Å². The first kappa shape index (κ1) is 19.9. The predicted molar refractivity (Wildman–Crippen MR) is 118 cm³/mol. The highest BCUT2D eigenvalue weighted by Crippen LogP contribution is 2.38. The molecule has 0 spiro atoms. The van der Waals surface area contributed by atoms with Gasteiger partial charge in [-0.1, -0.05) is 11.6 Å². The van der Waals surface area contributed by atoms with E-state index in [-0.39, 0.29) is 23.0 Å². The van der Waals surface area contributed by atoms with Gasteiger partial charge >= 0.3 is 0 Å². The van der Waals surface area contributed by atoms with E-state index < -0.39 is 5.82 Å². The third-order valence-electron chi connectivity index (χ3n) is 5.69. The quantitative estimate of drug-likeness (QED) is 0.416. The molecule has 1 fully saturated rings. The van der Waals surface area contributed by atoms with Crippen LogP contribution in [0.1, 0.15) is 46.2 Å². The number of pyridine rings is 1. The van der Waals surface area contributed by atoms with Crippen LogP contribution in [0.15, 0.2) is 49.3 Å². The summed E-state index contributed by atoms with van der Waals surface area (Å²) in [5, 5.41) is 11.7. The zero-order valence-corrected chi connectivity index (χ0v) is 18.1. The van der Waals surface area contributed by atoms with E-state index in [1.165, 1.54) is 35.8 Å². The van der Waals surface area contributed by atoms with Crippen LogP contribution in [0.25, 0.3) is 11.2 Å². The van der Waals surface area contributed by atoms with Crippen LogP contribution in [0.4, 0.5) is 4.39 Å². The Hall–Kier alpha value is -3.79. The molecule has 1 saturated carbocycles. The van der Waals surface area contributed by atoms with Crippen LogP contribution < -0.4 is 5.32 Å². The molecule has 0 saturated heterocycles. The molecule has 1 amide bonds. The van der Waals surface area contributed by atoms with E-state index in [1.807, 2.05) is 18.3 Å². The van der Waals surface area contributed by atoms with Gasteiger partial charge in [-0.2, -0.15) is 10.2 Å². The lowest BCUT2D eigenvalue weighted by molar-refractivity contribution is 0.0950. The van der Waals surface area contributed by atoms with E-state index in [1.54, 1.807) is 21.6 Å². The number of rotatable bonds is 6. The second kappa shape index (κ2) is 7.66. The highest BCUT2D eigenvalue weighted by molar-refractivity contribution is 6.31. The zero-order valence-electron chi connectivity index (χ0n) is 17.3. The Bertz CT molecular complexity index is 1520. The number of nitrogens with zero attached hydrogens (tertiary/aromatic N) is 7. The van der Waals surface area contributed by atoms with E-state index in [0.29, 0.717) is 23.7 Å². The van der Waals surface area contributed by atoms with Gasteiger partial charge in [-0.25, -0.2) is 18.9 Å². The molecule has 1 N–H and O–H groups in total. The summed E-state index contributed by atoms with van der Waals surface area (Å²) in [5.74, 6) is -0.336. The molecule has 0 bridgehead atoms. The fraction of sp³-hybridized carbons (Fsp3) is 0.227. The van der Waals surface area contributed by atoms with E-state index in [2.05, 4.69) is 25.5 Å². The second-order valence-corrected chi connectivity index (χ2v) is 8.51. The second-order valence-electron chi connectivity index (χ2n) is 8.10. The maximum atomic E-state index is 14.4. The Morgan fingerprint density at radius 3 is 2.97 bits per heavy atom. The third kappa shape index (κ3) is 3.72. The lowest BCUT2D eigenvalue weighted by Gasteiger charge is -2.03. The van der Waals surface area contributed by atoms with Gasteiger partial charge in [0, 0.05) is 18.3 Å². The third-order valence-corrected chi connectivity index (χ3v) is 5.98. The molecular weight excluding hydrogens is 447 g/mol. The minimum absolute atomic E-state index is 0.00256. The van der Waals surface area contributed by atoms with Crippen LogP contribution in [-0.4, -0.2) is 39.7 Å². The van der Waals surface area contributed by atoms with Crippen molar-refractivity contribution in [3.05, 3.63) is 82.8 Å². The molecule has 1 aliphatic rings. The Morgan fingerprint density at radius 1 is 1.24 bits per heavy atom.